The molecule has 1 amide bonds. The van der Waals surface area contributed by atoms with Gasteiger partial charge in [0.05, 0.1) is 17.4 Å². The van der Waals surface area contributed by atoms with Gasteiger partial charge in [0.1, 0.15) is 5.75 Å². The maximum atomic E-state index is 12.3. The van der Waals surface area contributed by atoms with E-state index in [0.29, 0.717) is 16.5 Å². The number of rotatable bonds is 5. The molecule has 1 N–H and O–H groups in total. The normalized spacial score (nSPS) is 11.8. The summed E-state index contributed by atoms with van der Waals surface area (Å²) in [4.78, 5) is 13.4. The minimum atomic E-state index is -0.207. The summed E-state index contributed by atoms with van der Waals surface area (Å²) in [6.45, 7) is 3.92. The van der Waals surface area contributed by atoms with Gasteiger partial charge in [0.25, 0.3) is 0 Å². The van der Waals surface area contributed by atoms with Gasteiger partial charge >= 0.3 is 0 Å². The van der Waals surface area contributed by atoms with Gasteiger partial charge in [-0.2, -0.15) is 0 Å². The Kier molecular flexibility index (Phi) is 5.75. The van der Waals surface area contributed by atoms with Crippen molar-refractivity contribution in [2.75, 3.05) is 12.4 Å². The zero-order chi connectivity index (χ0) is 16.1. The predicted molar refractivity (Wildman–Crippen MR) is 93.1 cm³/mol. The Balaban J connectivity index is 2.02. The molecule has 0 fully saturated rings. The molecule has 2 rings (SSSR count). The Morgan fingerprint density at radius 1 is 1.27 bits per heavy atom. The maximum Gasteiger partial charge on any atom is 0.237 e. The Bertz CT molecular complexity index is 675. The van der Waals surface area contributed by atoms with Crippen molar-refractivity contribution in [3.8, 4) is 5.75 Å². The highest BCUT2D eigenvalue weighted by atomic mass is 35.5. The van der Waals surface area contributed by atoms with E-state index in [1.54, 1.807) is 25.3 Å². The third-order valence-corrected chi connectivity index (χ3v) is 4.76. The number of carbonyl (C=O) groups excluding carboxylic acids is 1. The van der Waals surface area contributed by atoms with Crippen LogP contribution in [0, 0.1) is 6.92 Å². The van der Waals surface area contributed by atoms with Crippen LogP contribution in [0.15, 0.2) is 47.4 Å². The Hall–Kier alpha value is -1.65. The molecule has 1 unspecified atom stereocenters. The fourth-order valence-corrected chi connectivity index (χ4v) is 3.14. The van der Waals surface area contributed by atoms with Gasteiger partial charge in [-0.25, -0.2) is 0 Å². The Morgan fingerprint density at radius 2 is 2.00 bits per heavy atom. The molecule has 0 saturated carbocycles. The first kappa shape index (κ1) is 16.7. The summed E-state index contributed by atoms with van der Waals surface area (Å²) >= 11 is 7.60. The topological polar surface area (TPSA) is 38.3 Å². The summed E-state index contributed by atoms with van der Waals surface area (Å²) < 4.78 is 5.10. The van der Waals surface area contributed by atoms with Crippen molar-refractivity contribution in [3.63, 3.8) is 0 Å². The second-order valence-electron chi connectivity index (χ2n) is 4.86. The second-order valence-corrected chi connectivity index (χ2v) is 6.65. The van der Waals surface area contributed by atoms with Crippen LogP contribution in [-0.4, -0.2) is 18.3 Å². The van der Waals surface area contributed by atoms with Crippen LogP contribution in [0.2, 0.25) is 5.02 Å². The van der Waals surface area contributed by atoms with Crippen LogP contribution >= 0.6 is 23.4 Å². The monoisotopic (exact) mass is 335 g/mol. The van der Waals surface area contributed by atoms with E-state index in [1.807, 2.05) is 38.1 Å². The SMILES string of the molecule is COc1ccc(NC(=O)C(C)Sc2ccccc2C)cc1Cl. The molecule has 0 aliphatic carbocycles. The third-order valence-electron chi connectivity index (χ3n) is 3.19. The number of amides is 1. The van der Waals surface area contributed by atoms with Crippen molar-refractivity contribution in [3.05, 3.63) is 53.1 Å². The molecule has 116 valence electrons. The number of thioether (sulfide) groups is 1. The molecule has 0 radical (unpaired) electrons. The van der Waals surface area contributed by atoms with Gasteiger partial charge in [-0.05, 0) is 43.7 Å². The van der Waals surface area contributed by atoms with E-state index in [-0.39, 0.29) is 11.2 Å². The number of ether oxygens (including phenoxy) is 1. The molecule has 2 aromatic rings. The number of methoxy groups -OCH3 is 1. The van der Waals surface area contributed by atoms with E-state index >= 15 is 0 Å². The minimum absolute atomic E-state index is 0.0607. The van der Waals surface area contributed by atoms with E-state index < -0.39 is 0 Å². The van der Waals surface area contributed by atoms with E-state index in [4.69, 9.17) is 16.3 Å². The summed E-state index contributed by atoms with van der Waals surface area (Å²) in [6.07, 6.45) is 0. The van der Waals surface area contributed by atoms with Crippen molar-refractivity contribution in [1.29, 1.82) is 0 Å². The van der Waals surface area contributed by atoms with Crippen LogP contribution in [0.3, 0.4) is 0 Å². The maximum absolute atomic E-state index is 12.3. The largest absolute Gasteiger partial charge is 0.495 e. The number of anilines is 1. The first-order valence-electron chi connectivity index (χ1n) is 6.88. The van der Waals surface area contributed by atoms with Crippen LogP contribution in [0.4, 0.5) is 5.69 Å². The van der Waals surface area contributed by atoms with Crippen LogP contribution in [0.25, 0.3) is 0 Å². The molecular formula is C17H18ClNO2S. The van der Waals surface area contributed by atoms with E-state index in [9.17, 15) is 4.79 Å². The van der Waals surface area contributed by atoms with E-state index in [1.165, 1.54) is 17.3 Å². The molecule has 3 nitrogen and oxygen atoms in total. The van der Waals surface area contributed by atoms with Gasteiger partial charge in [0.2, 0.25) is 5.91 Å². The van der Waals surface area contributed by atoms with Crippen molar-refractivity contribution < 1.29 is 9.53 Å². The lowest BCUT2D eigenvalue weighted by Gasteiger charge is -2.14. The quantitative estimate of drug-likeness (QED) is 0.799. The standard InChI is InChI=1S/C17H18ClNO2S/c1-11-6-4-5-7-16(11)22-12(2)17(20)19-13-8-9-15(21-3)14(18)10-13/h4-10,12H,1-3H3,(H,19,20). The smallest absolute Gasteiger partial charge is 0.237 e. The molecule has 0 bridgehead atoms. The molecule has 22 heavy (non-hydrogen) atoms. The predicted octanol–water partition coefficient (Wildman–Crippen LogP) is 4.78. The lowest BCUT2D eigenvalue weighted by Crippen LogP contribution is -2.22. The van der Waals surface area contributed by atoms with E-state index in [2.05, 4.69) is 5.32 Å². The van der Waals surface area contributed by atoms with Crippen LogP contribution in [0.1, 0.15) is 12.5 Å². The number of nitrogens with one attached hydrogen (secondary N) is 1. The molecule has 0 aromatic heterocycles. The molecule has 1 atom stereocenters. The molecule has 0 saturated heterocycles. The lowest BCUT2D eigenvalue weighted by molar-refractivity contribution is -0.115. The molecule has 0 aliphatic heterocycles. The average molecular weight is 336 g/mol. The number of benzene rings is 2. The molecule has 0 aliphatic rings. The highest BCUT2D eigenvalue weighted by Gasteiger charge is 2.16. The van der Waals surface area contributed by atoms with Gasteiger partial charge in [0.15, 0.2) is 0 Å². The minimum Gasteiger partial charge on any atom is -0.495 e. The number of hydrogen-bond donors (Lipinski definition) is 1. The summed E-state index contributed by atoms with van der Waals surface area (Å²) in [5.41, 5.74) is 1.83. The Labute approximate surface area is 140 Å². The zero-order valence-corrected chi connectivity index (χ0v) is 14.3. The summed E-state index contributed by atoms with van der Waals surface area (Å²) in [7, 11) is 1.56. The fraction of sp³-hybridized carbons (Fsp3) is 0.235. The van der Waals surface area contributed by atoms with Gasteiger partial charge < -0.3 is 10.1 Å². The molecule has 5 heteroatoms. The van der Waals surface area contributed by atoms with E-state index in [0.717, 1.165) is 4.90 Å². The van der Waals surface area contributed by atoms with Crippen molar-refractivity contribution >= 4 is 35.0 Å². The summed E-state index contributed by atoms with van der Waals surface area (Å²) in [6, 6.07) is 13.2. The second kappa shape index (κ2) is 7.56. The molecule has 0 heterocycles. The summed E-state index contributed by atoms with van der Waals surface area (Å²) in [5, 5.41) is 3.14. The van der Waals surface area contributed by atoms with Crippen LogP contribution in [-0.2, 0) is 4.79 Å². The van der Waals surface area contributed by atoms with Crippen molar-refractivity contribution in [2.24, 2.45) is 0 Å². The average Bonchev–Trinajstić information content (AvgIpc) is 2.49. The first-order valence-corrected chi connectivity index (χ1v) is 8.13. The number of halogens is 1. The zero-order valence-electron chi connectivity index (χ0n) is 12.7. The highest BCUT2D eigenvalue weighted by Crippen LogP contribution is 2.29. The number of aryl methyl sites for hydroxylation is 1. The van der Waals surface area contributed by atoms with Crippen molar-refractivity contribution in [1.82, 2.24) is 0 Å². The highest BCUT2D eigenvalue weighted by molar-refractivity contribution is 8.00. The fourth-order valence-electron chi connectivity index (χ4n) is 1.92. The summed E-state index contributed by atoms with van der Waals surface area (Å²) in [5.74, 6) is 0.525. The third kappa shape index (κ3) is 4.18. The van der Waals surface area contributed by atoms with Gasteiger partial charge in [0, 0.05) is 10.6 Å². The number of carbonyl (C=O) groups is 1. The van der Waals surface area contributed by atoms with Crippen LogP contribution < -0.4 is 10.1 Å². The van der Waals surface area contributed by atoms with Gasteiger partial charge in [-0.15, -0.1) is 11.8 Å². The first-order chi connectivity index (χ1) is 10.5. The van der Waals surface area contributed by atoms with Gasteiger partial charge in [-0.1, -0.05) is 29.8 Å². The van der Waals surface area contributed by atoms with Crippen LogP contribution in [0.5, 0.6) is 5.75 Å². The molecule has 0 spiro atoms. The molecular weight excluding hydrogens is 318 g/mol. The van der Waals surface area contributed by atoms with Crippen molar-refractivity contribution in [2.45, 2.75) is 24.0 Å². The Morgan fingerprint density at radius 3 is 2.64 bits per heavy atom. The lowest BCUT2D eigenvalue weighted by atomic mass is 10.2. The number of hydrogen-bond acceptors (Lipinski definition) is 3. The molecule has 2 aromatic carbocycles. The van der Waals surface area contributed by atoms with Gasteiger partial charge in [-0.3, -0.25) is 4.79 Å².